The van der Waals surface area contributed by atoms with Crippen molar-refractivity contribution in [2.75, 3.05) is 0 Å². The van der Waals surface area contributed by atoms with Crippen molar-refractivity contribution in [3.8, 4) is 11.4 Å². The molecule has 20 heavy (non-hydrogen) atoms. The lowest BCUT2D eigenvalue weighted by Gasteiger charge is -2.06. The monoisotopic (exact) mass is 402 g/mol. The van der Waals surface area contributed by atoms with Crippen LogP contribution in [0, 0.1) is 10.5 Å². The van der Waals surface area contributed by atoms with Crippen LogP contribution in [0.2, 0.25) is 5.15 Å². The molecular formula is C13H12ClIN4O. The minimum absolute atomic E-state index is 0.218. The van der Waals surface area contributed by atoms with Crippen molar-refractivity contribution in [2.45, 2.75) is 26.8 Å². The Labute approximate surface area is 134 Å². The van der Waals surface area contributed by atoms with E-state index < -0.39 is 0 Å². The third kappa shape index (κ3) is 2.01. The summed E-state index contributed by atoms with van der Waals surface area (Å²) in [5.41, 5.74) is 2.38. The molecule has 0 aromatic carbocycles. The van der Waals surface area contributed by atoms with E-state index in [-0.39, 0.29) is 6.04 Å². The second-order valence-electron chi connectivity index (χ2n) is 4.78. The summed E-state index contributed by atoms with van der Waals surface area (Å²) in [6, 6.07) is 2.13. The molecule has 0 saturated heterocycles. The van der Waals surface area contributed by atoms with Crippen LogP contribution in [0.15, 0.2) is 16.8 Å². The van der Waals surface area contributed by atoms with E-state index >= 15 is 0 Å². The van der Waals surface area contributed by atoms with Crippen molar-refractivity contribution in [3.63, 3.8) is 0 Å². The summed E-state index contributed by atoms with van der Waals surface area (Å²) < 4.78 is 8.11. The normalized spacial score (nSPS) is 11.7. The third-order valence-corrected chi connectivity index (χ3v) is 4.64. The zero-order chi connectivity index (χ0) is 14.4. The Hall–Kier alpha value is -1.15. The van der Waals surface area contributed by atoms with E-state index in [1.807, 2.05) is 17.7 Å². The fraction of sp³-hybridized carbons (Fsp3) is 0.308. The van der Waals surface area contributed by atoms with Crippen LogP contribution in [-0.2, 0) is 0 Å². The SMILES string of the molecule is Cc1onc(-c2nn(C(C)C)c3ccnc(Cl)c23)c1I. The van der Waals surface area contributed by atoms with Crippen molar-refractivity contribution < 1.29 is 4.52 Å². The van der Waals surface area contributed by atoms with Crippen LogP contribution in [0.5, 0.6) is 0 Å². The van der Waals surface area contributed by atoms with Crippen LogP contribution >= 0.6 is 34.2 Å². The topological polar surface area (TPSA) is 56.7 Å². The van der Waals surface area contributed by atoms with Crippen LogP contribution in [0.4, 0.5) is 0 Å². The maximum absolute atomic E-state index is 6.26. The number of aromatic nitrogens is 4. The number of halogens is 2. The molecule has 104 valence electrons. The number of fused-ring (bicyclic) bond motifs is 1. The number of hydrogen-bond acceptors (Lipinski definition) is 4. The van der Waals surface area contributed by atoms with Crippen molar-refractivity contribution in [2.24, 2.45) is 0 Å². The van der Waals surface area contributed by atoms with Gasteiger partial charge in [-0.05, 0) is 49.4 Å². The quantitative estimate of drug-likeness (QED) is 0.475. The standard InChI is InChI=1S/C13H12ClIN4O/c1-6(2)19-8-4-5-16-13(14)9(8)11(17-19)12-10(15)7(3)20-18-12/h4-6H,1-3H3. The molecule has 3 heterocycles. The average molecular weight is 403 g/mol. The van der Waals surface area contributed by atoms with Gasteiger partial charge in [0.1, 0.15) is 22.3 Å². The Morgan fingerprint density at radius 2 is 2.10 bits per heavy atom. The lowest BCUT2D eigenvalue weighted by Crippen LogP contribution is -2.02. The van der Waals surface area contributed by atoms with Gasteiger partial charge in [0.15, 0.2) is 0 Å². The molecule has 3 aromatic rings. The Balaban J connectivity index is 2.39. The highest BCUT2D eigenvalue weighted by Crippen LogP contribution is 2.35. The number of rotatable bonds is 2. The van der Waals surface area contributed by atoms with E-state index in [9.17, 15) is 0 Å². The molecule has 0 unspecified atom stereocenters. The van der Waals surface area contributed by atoms with Crippen molar-refractivity contribution in [3.05, 3.63) is 26.7 Å². The first-order valence-electron chi connectivity index (χ1n) is 6.15. The van der Waals surface area contributed by atoms with Crippen molar-refractivity contribution in [1.29, 1.82) is 0 Å². The summed E-state index contributed by atoms with van der Waals surface area (Å²) in [4.78, 5) is 4.15. The van der Waals surface area contributed by atoms with Gasteiger partial charge in [0.05, 0.1) is 14.5 Å². The molecule has 3 aromatic heterocycles. The highest BCUT2D eigenvalue weighted by atomic mass is 127. The van der Waals surface area contributed by atoms with Crippen LogP contribution < -0.4 is 0 Å². The minimum atomic E-state index is 0.218. The Morgan fingerprint density at radius 3 is 2.70 bits per heavy atom. The molecule has 7 heteroatoms. The molecule has 3 rings (SSSR count). The van der Waals surface area contributed by atoms with Crippen LogP contribution in [-0.4, -0.2) is 19.9 Å². The molecule has 0 saturated carbocycles. The van der Waals surface area contributed by atoms with Gasteiger partial charge in [-0.3, -0.25) is 4.68 Å². The molecule has 0 aliphatic rings. The molecule has 0 N–H and O–H groups in total. The third-order valence-electron chi connectivity index (χ3n) is 3.08. The van der Waals surface area contributed by atoms with E-state index in [2.05, 4.69) is 51.7 Å². The number of hydrogen-bond donors (Lipinski definition) is 0. The second-order valence-corrected chi connectivity index (χ2v) is 6.22. The molecule has 5 nitrogen and oxygen atoms in total. The zero-order valence-electron chi connectivity index (χ0n) is 11.2. The van der Waals surface area contributed by atoms with Gasteiger partial charge in [0, 0.05) is 12.2 Å². The maximum atomic E-state index is 6.26. The first-order valence-corrected chi connectivity index (χ1v) is 7.61. The van der Waals surface area contributed by atoms with Gasteiger partial charge in [-0.2, -0.15) is 5.10 Å². The van der Waals surface area contributed by atoms with Gasteiger partial charge in [-0.1, -0.05) is 16.8 Å². The predicted molar refractivity (Wildman–Crippen MR) is 85.9 cm³/mol. The average Bonchev–Trinajstić information content (AvgIpc) is 2.93. The smallest absolute Gasteiger partial charge is 0.148 e. The van der Waals surface area contributed by atoms with Gasteiger partial charge < -0.3 is 4.52 Å². The molecule has 0 fully saturated rings. The Bertz CT molecular complexity index is 793. The second kappa shape index (κ2) is 5.00. The van der Waals surface area contributed by atoms with E-state index in [1.165, 1.54) is 0 Å². The molecule has 0 aliphatic heterocycles. The van der Waals surface area contributed by atoms with E-state index in [0.29, 0.717) is 16.5 Å². The maximum Gasteiger partial charge on any atom is 0.148 e. The molecular weight excluding hydrogens is 391 g/mol. The zero-order valence-corrected chi connectivity index (χ0v) is 14.1. The van der Waals surface area contributed by atoms with E-state index in [4.69, 9.17) is 16.1 Å². The van der Waals surface area contributed by atoms with Gasteiger partial charge in [-0.25, -0.2) is 4.98 Å². The van der Waals surface area contributed by atoms with Crippen LogP contribution in [0.25, 0.3) is 22.3 Å². The summed E-state index contributed by atoms with van der Waals surface area (Å²) in [5, 5.41) is 10.0. The highest BCUT2D eigenvalue weighted by molar-refractivity contribution is 14.1. The van der Waals surface area contributed by atoms with Crippen LogP contribution in [0.3, 0.4) is 0 Å². The minimum Gasteiger partial charge on any atom is -0.360 e. The molecule has 0 atom stereocenters. The molecule has 0 radical (unpaired) electrons. The largest absolute Gasteiger partial charge is 0.360 e. The van der Waals surface area contributed by atoms with E-state index in [0.717, 1.165) is 20.2 Å². The Morgan fingerprint density at radius 1 is 1.35 bits per heavy atom. The summed E-state index contributed by atoms with van der Waals surface area (Å²) in [7, 11) is 0. The van der Waals surface area contributed by atoms with Gasteiger partial charge in [0.25, 0.3) is 0 Å². The first-order chi connectivity index (χ1) is 9.50. The summed E-state index contributed by atoms with van der Waals surface area (Å²) in [6.07, 6.45) is 1.69. The first kappa shape index (κ1) is 13.8. The molecule has 0 amide bonds. The fourth-order valence-electron chi connectivity index (χ4n) is 2.12. The number of nitrogens with zero attached hydrogens (tertiary/aromatic N) is 4. The lowest BCUT2D eigenvalue weighted by atomic mass is 10.2. The van der Waals surface area contributed by atoms with Gasteiger partial charge in [0.2, 0.25) is 0 Å². The summed E-state index contributed by atoms with van der Waals surface area (Å²) >= 11 is 8.47. The van der Waals surface area contributed by atoms with Crippen molar-refractivity contribution in [1.82, 2.24) is 19.9 Å². The predicted octanol–water partition coefficient (Wildman–Crippen LogP) is 4.23. The van der Waals surface area contributed by atoms with E-state index in [1.54, 1.807) is 6.20 Å². The molecule has 0 spiro atoms. The van der Waals surface area contributed by atoms with Crippen molar-refractivity contribution >= 4 is 45.1 Å². The summed E-state index contributed by atoms with van der Waals surface area (Å²) in [5.74, 6) is 0.771. The van der Waals surface area contributed by atoms with Gasteiger partial charge in [-0.15, -0.1) is 0 Å². The Kier molecular flexibility index (Phi) is 3.45. The lowest BCUT2D eigenvalue weighted by molar-refractivity contribution is 0.398. The number of aryl methyl sites for hydroxylation is 1. The van der Waals surface area contributed by atoms with Crippen LogP contribution in [0.1, 0.15) is 25.6 Å². The number of pyridine rings is 1. The summed E-state index contributed by atoms with van der Waals surface area (Å²) in [6.45, 7) is 6.02. The fourth-order valence-corrected chi connectivity index (χ4v) is 2.81. The highest BCUT2D eigenvalue weighted by Gasteiger charge is 2.22. The molecule has 0 aliphatic carbocycles. The van der Waals surface area contributed by atoms with Gasteiger partial charge >= 0.3 is 0 Å². The molecule has 0 bridgehead atoms.